The standard InChI is InChI=1S/C14H14N4O3S3/c1-15-24(20,21)9-6-11(18(2)7-9)13(19)17-14-16-10(8-23-14)12-4-3-5-22-12/h3-8,15H,1-2H3,(H,16,17,19). The van der Waals surface area contributed by atoms with Crippen LogP contribution in [-0.2, 0) is 17.1 Å². The largest absolute Gasteiger partial charge is 0.345 e. The minimum atomic E-state index is -3.59. The molecule has 0 fully saturated rings. The Morgan fingerprint density at radius 2 is 2.12 bits per heavy atom. The van der Waals surface area contributed by atoms with Crippen LogP contribution in [0.2, 0.25) is 0 Å². The molecule has 0 unspecified atom stereocenters. The molecule has 0 bridgehead atoms. The highest BCUT2D eigenvalue weighted by Crippen LogP contribution is 2.28. The minimum absolute atomic E-state index is 0.0380. The number of carbonyl (C=O) groups is 1. The fourth-order valence-corrected chi connectivity index (χ4v) is 4.32. The van der Waals surface area contributed by atoms with Gasteiger partial charge in [-0.2, -0.15) is 0 Å². The molecule has 3 rings (SSSR count). The van der Waals surface area contributed by atoms with Crippen LogP contribution >= 0.6 is 22.7 Å². The Labute approximate surface area is 147 Å². The predicted molar refractivity (Wildman–Crippen MR) is 95.0 cm³/mol. The summed E-state index contributed by atoms with van der Waals surface area (Å²) in [5.41, 5.74) is 1.03. The zero-order chi connectivity index (χ0) is 17.3. The fraction of sp³-hybridized carbons (Fsp3) is 0.143. The van der Waals surface area contributed by atoms with Gasteiger partial charge in [0.05, 0.1) is 10.6 Å². The summed E-state index contributed by atoms with van der Waals surface area (Å²) in [6.45, 7) is 0. The Morgan fingerprint density at radius 3 is 2.79 bits per heavy atom. The molecule has 10 heteroatoms. The van der Waals surface area contributed by atoms with Crippen LogP contribution < -0.4 is 10.0 Å². The Balaban J connectivity index is 1.81. The summed E-state index contributed by atoms with van der Waals surface area (Å²) in [5.74, 6) is -0.415. The summed E-state index contributed by atoms with van der Waals surface area (Å²) >= 11 is 2.89. The average molecular weight is 382 g/mol. The molecular formula is C14H14N4O3S3. The first-order valence-corrected chi connectivity index (χ1v) is 10.1. The molecule has 2 N–H and O–H groups in total. The Morgan fingerprint density at radius 1 is 1.33 bits per heavy atom. The quantitative estimate of drug-likeness (QED) is 0.708. The van der Waals surface area contributed by atoms with Gasteiger partial charge in [0.1, 0.15) is 10.6 Å². The van der Waals surface area contributed by atoms with E-state index in [1.165, 1.54) is 35.2 Å². The molecule has 0 aliphatic heterocycles. The van der Waals surface area contributed by atoms with E-state index >= 15 is 0 Å². The summed E-state index contributed by atoms with van der Waals surface area (Å²) in [4.78, 5) is 17.8. The summed E-state index contributed by atoms with van der Waals surface area (Å²) in [5, 5.41) is 6.99. The van der Waals surface area contributed by atoms with E-state index in [1.54, 1.807) is 18.4 Å². The van der Waals surface area contributed by atoms with Gasteiger partial charge in [-0.3, -0.25) is 10.1 Å². The number of carbonyl (C=O) groups excluding carboxylic acids is 1. The molecule has 0 aliphatic carbocycles. The first-order valence-electron chi connectivity index (χ1n) is 6.81. The zero-order valence-corrected chi connectivity index (χ0v) is 15.3. The van der Waals surface area contributed by atoms with Crippen LogP contribution in [0.4, 0.5) is 5.13 Å². The lowest BCUT2D eigenvalue weighted by atomic mass is 10.4. The molecule has 0 saturated heterocycles. The third-order valence-corrected chi connectivity index (χ3v) is 6.32. The van der Waals surface area contributed by atoms with Gasteiger partial charge in [0.25, 0.3) is 5.91 Å². The van der Waals surface area contributed by atoms with Crippen molar-refractivity contribution >= 4 is 43.7 Å². The third kappa shape index (κ3) is 3.26. The molecule has 1 amide bonds. The number of nitrogens with zero attached hydrogens (tertiary/aromatic N) is 2. The molecule has 3 aromatic rings. The Kier molecular flexibility index (Phi) is 4.54. The highest BCUT2D eigenvalue weighted by Gasteiger charge is 2.20. The Hall–Kier alpha value is -2.01. The van der Waals surface area contributed by atoms with Crippen LogP contribution in [0.3, 0.4) is 0 Å². The van der Waals surface area contributed by atoms with Gasteiger partial charge in [-0.05, 0) is 24.6 Å². The molecule has 24 heavy (non-hydrogen) atoms. The van der Waals surface area contributed by atoms with Crippen LogP contribution in [0.1, 0.15) is 10.5 Å². The van der Waals surface area contributed by atoms with Crippen molar-refractivity contribution in [1.82, 2.24) is 14.3 Å². The van der Waals surface area contributed by atoms with Gasteiger partial charge in [-0.25, -0.2) is 18.1 Å². The van der Waals surface area contributed by atoms with Crippen molar-refractivity contribution in [3.05, 3.63) is 40.8 Å². The molecule has 0 aliphatic rings. The van der Waals surface area contributed by atoms with Gasteiger partial charge >= 0.3 is 0 Å². The average Bonchev–Trinajstić information content (AvgIpc) is 3.26. The molecule has 0 atom stereocenters. The second-order valence-corrected chi connectivity index (χ2v) is 8.54. The first kappa shape index (κ1) is 16.8. The van der Waals surface area contributed by atoms with Crippen molar-refractivity contribution in [2.75, 3.05) is 12.4 Å². The van der Waals surface area contributed by atoms with Crippen molar-refractivity contribution in [1.29, 1.82) is 0 Å². The first-order chi connectivity index (χ1) is 11.4. The van der Waals surface area contributed by atoms with Crippen LogP contribution in [-0.4, -0.2) is 30.9 Å². The molecule has 3 heterocycles. The van der Waals surface area contributed by atoms with E-state index in [-0.39, 0.29) is 10.6 Å². The lowest BCUT2D eigenvalue weighted by Crippen LogP contribution is -2.18. The van der Waals surface area contributed by atoms with Crippen molar-refractivity contribution < 1.29 is 13.2 Å². The highest BCUT2D eigenvalue weighted by molar-refractivity contribution is 7.89. The molecule has 0 radical (unpaired) electrons. The molecule has 3 aromatic heterocycles. The van der Waals surface area contributed by atoms with Gasteiger partial charge in [-0.1, -0.05) is 6.07 Å². The number of hydrogen-bond donors (Lipinski definition) is 2. The molecule has 0 aromatic carbocycles. The summed E-state index contributed by atoms with van der Waals surface area (Å²) in [6.07, 6.45) is 1.39. The number of amides is 1. The molecule has 126 valence electrons. The van der Waals surface area contributed by atoms with Crippen molar-refractivity contribution in [2.45, 2.75) is 4.90 Å². The second-order valence-electron chi connectivity index (χ2n) is 4.85. The van der Waals surface area contributed by atoms with Gasteiger partial charge in [-0.15, -0.1) is 22.7 Å². The Bertz CT molecular complexity index is 971. The number of sulfonamides is 1. The van der Waals surface area contributed by atoms with Crippen LogP contribution in [0.25, 0.3) is 10.6 Å². The third-order valence-electron chi connectivity index (χ3n) is 3.29. The molecule has 0 saturated carbocycles. The van der Waals surface area contributed by atoms with Crippen molar-refractivity contribution in [3.63, 3.8) is 0 Å². The number of thiazole rings is 1. The van der Waals surface area contributed by atoms with Crippen molar-refractivity contribution in [2.24, 2.45) is 7.05 Å². The van der Waals surface area contributed by atoms with E-state index in [1.807, 2.05) is 22.9 Å². The van der Waals surface area contributed by atoms with E-state index in [2.05, 4.69) is 15.0 Å². The summed E-state index contributed by atoms with van der Waals surface area (Å²) in [6, 6.07) is 5.22. The van der Waals surface area contributed by atoms with E-state index < -0.39 is 15.9 Å². The van der Waals surface area contributed by atoms with Crippen LogP contribution in [0.15, 0.2) is 40.1 Å². The predicted octanol–water partition coefficient (Wildman–Crippen LogP) is 2.37. The van der Waals surface area contributed by atoms with Gasteiger partial charge in [0.15, 0.2) is 5.13 Å². The summed E-state index contributed by atoms with van der Waals surface area (Å²) < 4.78 is 27.3. The molecular weight excluding hydrogens is 368 g/mol. The smallest absolute Gasteiger partial charge is 0.274 e. The number of aromatic nitrogens is 2. The summed E-state index contributed by atoms with van der Waals surface area (Å²) in [7, 11) is -0.657. The van der Waals surface area contributed by atoms with Crippen LogP contribution in [0, 0.1) is 0 Å². The monoisotopic (exact) mass is 382 g/mol. The maximum Gasteiger partial charge on any atom is 0.274 e. The normalized spacial score (nSPS) is 11.6. The number of aryl methyl sites for hydroxylation is 1. The minimum Gasteiger partial charge on any atom is -0.345 e. The SMILES string of the molecule is CNS(=O)(=O)c1cc(C(=O)Nc2nc(-c3cccs3)cs2)n(C)c1. The number of nitrogens with one attached hydrogen (secondary N) is 2. The lowest BCUT2D eigenvalue weighted by Gasteiger charge is -2.02. The van der Waals surface area contributed by atoms with Crippen molar-refractivity contribution in [3.8, 4) is 10.6 Å². The number of hydrogen-bond acceptors (Lipinski definition) is 6. The maximum atomic E-state index is 12.4. The molecule has 7 nitrogen and oxygen atoms in total. The highest BCUT2D eigenvalue weighted by atomic mass is 32.2. The fourth-order valence-electron chi connectivity index (χ4n) is 2.05. The lowest BCUT2D eigenvalue weighted by molar-refractivity contribution is 0.101. The van der Waals surface area contributed by atoms with E-state index in [0.29, 0.717) is 5.13 Å². The van der Waals surface area contributed by atoms with Gasteiger partial charge in [0.2, 0.25) is 10.0 Å². The number of rotatable bonds is 5. The molecule has 0 spiro atoms. The van der Waals surface area contributed by atoms with Gasteiger partial charge in [0, 0.05) is 18.6 Å². The van der Waals surface area contributed by atoms with E-state index in [4.69, 9.17) is 0 Å². The van der Waals surface area contributed by atoms with Crippen LogP contribution in [0.5, 0.6) is 0 Å². The maximum absolute atomic E-state index is 12.4. The van der Waals surface area contributed by atoms with E-state index in [0.717, 1.165) is 10.6 Å². The number of thiophene rings is 1. The zero-order valence-electron chi connectivity index (χ0n) is 12.8. The van der Waals surface area contributed by atoms with Gasteiger partial charge < -0.3 is 4.57 Å². The second kappa shape index (κ2) is 6.48. The number of anilines is 1. The topological polar surface area (TPSA) is 93.1 Å². The van der Waals surface area contributed by atoms with E-state index in [9.17, 15) is 13.2 Å².